The summed E-state index contributed by atoms with van der Waals surface area (Å²) in [5, 5.41) is 7.11. The van der Waals surface area contributed by atoms with Crippen LogP contribution in [0.3, 0.4) is 0 Å². The fraction of sp³-hybridized carbons (Fsp3) is 0.235. The van der Waals surface area contributed by atoms with Gasteiger partial charge in [-0.1, -0.05) is 6.07 Å². The summed E-state index contributed by atoms with van der Waals surface area (Å²) in [4.78, 5) is 16.3. The van der Waals surface area contributed by atoms with Gasteiger partial charge in [-0.2, -0.15) is 5.10 Å². The number of hydrogen-bond donors (Lipinski definition) is 2. The number of hydrogen-bond acceptors (Lipinski definition) is 4. The molecule has 0 radical (unpaired) electrons. The van der Waals surface area contributed by atoms with Crippen LogP contribution in [0.5, 0.6) is 0 Å². The van der Waals surface area contributed by atoms with Crippen molar-refractivity contribution in [2.75, 3.05) is 5.32 Å². The zero-order chi connectivity index (χ0) is 16.8. The Bertz CT molecular complexity index is 730. The van der Waals surface area contributed by atoms with Crippen molar-refractivity contribution < 1.29 is 4.79 Å². The first-order valence-corrected chi connectivity index (χ1v) is 8.33. The number of benzene rings is 1. The summed E-state index contributed by atoms with van der Waals surface area (Å²) in [6, 6.07) is 11.2. The fourth-order valence-corrected chi connectivity index (χ4v) is 2.28. The van der Waals surface area contributed by atoms with Crippen LogP contribution < -0.4 is 10.7 Å². The number of anilines is 1. The first-order valence-electron chi connectivity index (χ1n) is 7.25. The summed E-state index contributed by atoms with van der Waals surface area (Å²) in [5.41, 5.74) is 6.22. The summed E-state index contributed by atoms with van der Waals surface area (Å²) in [7, 11) is 0. The Balaban J connectivity index is 1.90. The predicted molar refractivity (Wildman–Crippen MR) is 102 cm³/mol. The van der Waals surface area contributed by atoms with Crippen LogP contribution in [0.4, 0.5) is 5.69 Å². The number of aromatic nitrogens is 1. The van der Waals surface area contributed by atoms with Crippen LogP contribution in [0.25, 0.3) is 0 Å². The van der Waals surface area contributed by atoms with E-state index in [-0.39, 0.29) is 5.91 Å². The molecule has 0 saturated carbocycles. The van der Waals surface area contributed by atoms with Crippen molar-refractivity contribution in [1.82, 2.24) is 10.4 Å². The summed E-state index contributed by atoms with van der Waals surface area (Å²) in [5.74, 6) is -0.204. The highest BCUT2D eigenvalue weighted by molar-refractivity contribution is 14.1. The normalized spacial score (nSPS) is 12.2. The van der Waals surface area contributed by atoms with Crippen molar-refractivity contribution in [3.05, 3.63) is 56.9 Å². The standard InChI is InChI=1S/C17H19IN4O/c1-11-9-14(7-8-16(11)18)21-13(3)17(23)22-19-10-15-6-4-5-12(2)20-15/h4-10,13,21H,1-3H3,(H,22,23). The molecule has 0 aliphatic carbocycles. The van der Waals surface area contributed by atoms with E-state index in [9.17, 15) is 4.79 Å². The van der Waals surface area contributed by atoms with Crippen molar-refractivity contribution >= 4 is 40.4 Å². The lowest BCUT2D eigenvalue weighted by Crippen LogP contribution is -2.34. The first kappa shape index (κ1) is 17.4. The van der Waals surface area contributed by atoms with Gasteiger partial charge in [-0.3, -0.25) is 9.78 Å². The second-order valence-electron chi connectivity index (χ2n) is 5.27. The molecule has 2 rings (SSSR count). The summed E-state index contributed by atoms with van der Waals surface area (Å²) < 4.78 is 1.19. The third-order valence-electron chi connectivity index (χ3n) is 3.22. The van der Waals surface area contributed by atoms with E-state index in [1.54, 1.807) is 6.92 Å². The van der Waals surface area contributed by atoms with Crippen molar-refractivity contribution in [3.63, 3.8) is 0 Å². The molecule has 2 aromatic rings. The average Bonchev–Trinajstić information content (AvgIpc) is 2.51. The molecule has 1 heterocycles. The number of rotatable bonds is 5. The van der Waals surface area contributed by atoms with E-state index in [1.165, 1.54) is 15.3 Å². The van der Waals surface area contributed by atoms with Gasteiger partial charge >= 0.3 is 0 Å². The highest BCUT2D eigenvalue weighted by Gasteiger charge is 2.11. The first-order chi connectivity index (χ1) is 11.0. The Hall–Kier alpha value is -1.96. The van der Waals surface area contributed by atoms with Gasteiger partial charge < -0.3 is 5.32 Å². The number of aryl methyl sites for hydroxylation is 2. The van der Waals surface area contributed by atoms with Crippen molar-refractivity contribution in [3.8, 4) is 0 Å². The van der Waals surface area contributed by atoms with Gasteiger partial charge in [-0.25, -0.2) is 5.43 Å². The topological polar surface area (TPSA) is 66.4 Å². The SMILES string of the molecule is Cc1cccc(C=NNC(=O)C(C)Nc2ccc(I)c(C)c2)n1. The van der Waals surface area contributed by atoms with Gasteiger partial charge in [0, 0.05) is 15.0 Å². The molecule has 0 bridgehead atoms. The van der Waals surface area contributed by atoms with Gasteiger partial charge in [0.15, 0.2) is 0 Å². The molecule has 1 aromatic carbocycles. The molecule has 0 saturated heterocycles. The Morgan fingerprint density at radius 1 is 1.30 bits per heavy atom. The molecule has 1 amide bonds. The maximum absolute atomic E-state index is 12.0. The largest absolute Gasteiger partial charge is 0.374 e. The molecule has 5 nitrogen and oxygen atoms in total. The van der Waals surface area contributed by atoms with Crippen LogP contribution >= 0.6 is 22.6 Å². The highest BCUT2D eigenvalue weighted by Crippen LogP contribution is 2.17. The Morgan fingerprint density at radius 3 is 2.78 bits per heavy atom. The minimum absolute atomic E-state index is 0.204. The van der Waals surface area contributed by atoms with Crippen molar-refractivity contribution in [2.45, 2.75) is 26.8 Å². The Kier molecular flexibility index (Phi) is 6.09. The van der Waals surface area contributed by atoms with Crippen molar-refractivity contribution in [1.29, 1.82) is 0 Å². The molecule has 1 aromatic heterocycles. The molecular formula is C17H19IN4O. The van der Waals surface area contributed by atoms with Crippen LogP contribution in [0, 0.1) is 17.4 Å². The smallest absolute Gasteiger partial charge is 0.262 e. The molecule has 2 N–H and O–H groups in total. The lowest BCUT2D eigenvalue weighted by atomic mass is 10.2. The van der Waals surface area contributed by atoms with E-state index in [0.717, 1.165) is 11.4 Å². The van der Waals surface area contributed by atoms with Crippen LogP contribution in [0.1, 0.15) is 23.9 Å². The molecule has 120 valence electrons. The third kappa shape index (κ3) is 5.31. The molecule has 0 spiro atoms. The molecule has 0 aliphatic heterocycles. The summed E-state index contributed by atoms with van der Waals surface area (Å²) in [6.07, 6.45) is 1.53. The summed E-state index contributed by atoms with van der Waals surface area (Å²) >= 11 is 2.28. The quantitative estimate of drug-likeness (QED) is 0.442. The number of amides is 1. The van der Waals surface area contributed by atoms with Crippen LogP contribution in [0.2, 0.25) is 0 Å². The lowest BCUT2D eigenvalue weighted by molar-refractivity contribution is -0.121. The maximum Gasteiger partial charge on any atom is 0.262 e. The molecular weight excluding hydrogens is 403 g/mol. The number of pyridine rings is 1. The Morgan fingerprint density at radius 2 is 2.09 bits per heavy atom. The number of nitrogens with one attached hydrogen (secondary N) is 2. The van der Waals surface area contributed by atoms with Gasteiger partial charge in [0.2, 0.25) is 0 Å². The third-order valence-corrected chi connectivity index (χ3v) is 4.43. The van der Waals surface area contributed by atoms with Crippen LogP contribution in [-0.2, 0) is 4.79 Å². The molecule has 6 heteroatoms. The molecule has 0 aliphatic rings. The minimum Gasteiger partial charge on any atom is -0.374 e. The Labute approximate surface area is 149 Å². The van der Waals surface area contributed by atoms with Gasteiger partial charge in [0.25, 0.3) is 5.91 Å². The average molecular weight is 422 g/mol. The maximum atomic E-state index is 12.0. The number of carbonyl (C=O) groups is 1. The number of halogens is 1. The summed E-state index contributed by atoms with van der Waals surface area (Å²) in [6.45, 7) is 5.74. The van der Waals surface area contributed by atoms with E-state index in [0.29, 0.717) is 5.69 Å². The van der Waals surface area contributed by atoms with Gasteiger partial charge in [0.05, 0.1) is 11.9 Å². The second-order valence-corrected chi connectivity index (χ2v) is 6.43. The van der Waals surface area contributed by atoms with Gasteiger partial charge in [-0.15, -0.1) is 0 Å². The molecule has 1 atom stereocenters. The predicted octanol–water partition coefficient (Wildman–Crippen LogP) is 3.25. The van der Waals surface area contributed by atoms with Crippen LogP contribution in [0.15, 0.2) is 41.5 Å². The molecule has 1 unspecified atom stereocenters. The highest BCUT2D eigenvalue weighted by atomic mass is 127. The fourth-order valence-electron chi connectivity index (χ4n) is 1.94. The molecule has 23 heavy (non-hydrogen) atoms. The van der Waals surface area contributed by atoms with Crippen LogP contribution in [-0.4, -0.2) is 23.1 Å². The lowest BCUT2D eigenvalue weighted by Gasteiger charge is -2.14. The number of nitrogens with zero attached hydrogens (tertiary/aromatic N) is 2. The van der Waals surface area contributed by atoms with E-state index in [4.69, 9.17) is 0 Å². The molecule has 0 fully saturated rings. The number of carbonyl (C=O) groups excluding carboxylic acids is 1. The zero-order valence-corrected chi connectivity index (χ0v) is 15.5. The second kappa shape index (κ2) is 8.05. The van der Waals surface area contributed by atoms with E-state index in [1.807, 2.05) is 50.2 Å². The van der Waals surface area contributed by atoms with E-state index >= 15 is 0 Å². The monoisotopic (exact) mass is 422 g/mol. The number of hydrazone groups is 1. The minimum atomic E-state index is -0.392. The van der Waals surface area contributed by atoms with Crippen molar-refractivity contribution in [2.24, 2.45) is 5.10 Å². The van der Waals surface area contributed by atoms with E-state index in [2.05, 4.69) is 43.4 Å². The van der Waals surface area contributed by atoms with Gasteiger partial charge in [0.1, 0.15) is 6.04 Å². The van der Waals surface area contributed by atoms with Gasteiger partial charge in [-0.05, 0) is 79.3 Å². The van der Waals surface area contributed by atoms with E-state index < -0.39 is 6.04 Å². The zero-order valence-electron chi connectivity index (χ0n) is 13.3.